The van der Waals surface area contributed by atoms with Crippen molar-refractivity contribution in [2.45, 2.75) is 24.2 Å². The molecule has 0 aliphatic carbocycles. The molecule has 2 aliphatic heterocycles. The Hall–Kier alpha value is 0.230. The first-order valence-corrected chi connectivity index (χ1v) is 5.52. The van der Waals surface area contributed by atoms with E-state index in [0.717, 1.165) is 26.2 Å². The van der Waals surface area contributed by atoms with Gasteiger partial charge in [0.05, 0.1) is 6.10 Å². The van der Waals surface area contributed by atoms with E-state index < -0.39 is 0 Å². The maximum absolute atomic E-state index is 5.55. The maximum atomic E-state index is 5.55. The van der Waals surface area contributed by atoms with Crippen LogP contribution in [0.5, 0.6) is 0 Å². The SMILES string of the molecule is NSC1CN(CC2CCCO2)C1. The predicted molar refractivity (Wildman–Crippen MR) is 51.0 cm³/mol. The summed E-state index contributed by atoms with van der Waals surface area (Å²) < 4.78 is 5.55. The molecular weight excluding hydrogens is 172 g/mol. The van der Waals surface area contributed by atoms with E-state index in [1.54, 1.807) is 0 Å². The van der Waals surface area contributed by atoms with Gasteiger partial charge in [-0.25, -0.2) is 0 Å². The van der Waals surface area contributed by atoms with Crippen LogP contribution < -0.4 is 5.14 Å². The minimum atomic E-state index is 0.508. The maximum Gasteiger partial charge on any atom is 0.0702 e. The molecule has 3 nitrogen and oxygen atoms in total. The minimum Gasteiger partial charge on any atom is -0.377 e. The lowest BCUT2D eigenvalue weighted by atomic mass is 10.1. The molecular formula is C8H16N2OS. The Morgan fingerprint density at radius 2 is 2.33 bits per heavy atom. The van der Waals surface area contributed by atoms with Crippen LogP contribution in [0, 0.1) is 0 Å². The predicted octanol–water partition coefficient (Wildman–Crippen LogP) is 0.456. The van der Waals surface area contributed by atoms with Crippen LogP contribution in [0.15, 0.2) is 0 Å². The molecule has 0 aromatic heterocycles. The fourth-order valence-corrected chi connectivity index (χ4v) is 2.43. The molecule has 2 rings (SSSR count). The molecule has 0 bridgehead atoms. The van der Waals surface area contributed by atoms with Crippen molar-refractivity contribution >= 4 is 11.9 Å². The van der Waals surface area contributed by atoms with Crippen LogP contribution in [0.1, 0.15) is 12.8 Å². The molecule has 4 heteroatoms. The van der Waals surface area contributed by atoms with E-state index in [1.807, 2.05) is 0 Å². The summed E-state index contributed by atoms with van der Waals surface area (Å²) >= 11 is 1.49. The molecule has 2 heterocycles. The number of likely N-dealkylation sites (tertiary alicyclic amines) is 1. The van der Waals surface area contributed by atoms with Gasteiger partial charge in [-0.2, -0.15) is 0 Å². The zero-order valence-corrected chi connectivity index (χ0v) is 8.05. The fourth-order valence-electron chi connectivity index (χ4n) is 1.83. The second kappa shape index (κ2) is 3.96. The molecule has 2 saturated heterocycles. The van der Waals surface area contributed by atoms with Gasteiger partial charge < -0.3 is 4.74 Å². The Labute approximate surface area is 77.8 Å². The second-order valence-corrected chi connectivity index (χ2v) is 4.55. The average molecular weight is 188 g/mol. The summed E-state index contributed by atoms with van der Waals surface area (Å²) in [5.41, 5.74) is 0. The highest BCUT2D eigenvalue weighted by molar-refractivity contribution is 7.97. The van der Waals surface area contributed by atoms with E-state index in [2.05, 4.69) is 4.90 Å². The fraction of sp³-hybridized carbons (Fsp3) is 1.00. The number of hydrogen-bond donors (Lipinski definition) is 1. The Bertz CT molecular complexity index is 144. The van der Waals surface area contributed by atoms with E-state index in [9.17, 15) is 0 Å². The van der Waals surface area contributed by atoms with Crippen LogP contribution in [0.25, 0.3) is 0 Å². The van der Waals surface area contributed by atoms with Crippen molar-refractivity contribution in [3.63, 3.8) is 0 Å². The third kappa shape index (κ3) is 1.93. The zero-order chi connectivity index (χ0) is 8.39. The average Bonchev–Trinajstić information content (AvgIpc) is 2.47. The van der Waals surface area contributed by atoms with Crippen LogP contribution in [-0.4, -0.2) is 42.5 Å². The van der Waals surface area contributed by atoms with Crippen molar-refractivity contribution in [3.8, 4) is 0 Å². The van der Waals surface area contributed by atoms with Crippen LogP contribution in [-0.2, 0) is 4.74 Å². The molecule has 1 unspecified atom stereocenters. The number of hydrogen-bond acceptors (Lipinski definition) is 4. The lowest BCUT2D eigenvalue weighted by Gasteiger charge is -2.38. The van der Waals surface area contributed by atoms with E-state index in [4.69, 9.17) is 9.88 Å². The Kier molecular flexibility index (Phi) is 2.91. The lowest BCUT2D eigenvalue weighted by Crippen LogP contribution is -2.52. The van der Waals surface area contributed by atoms with Gasteiger partial charge in [-0.15, -0.1) is 0 Å². The van der Waals surface area contributed by atoms with Gasteiger partial charge in [-0.1, -0.05) is 11.9 Å². The zero-order valence-electron chi connectivity index (χ0n) is 7.24. The highest BCUT2D eigenvalue weighted by Gasteiger charge is 2.29. The number of ether oxygens (including phenoxy) is 1. The molecule has 70 valence electrons. The molecule has 0 saturated carbocycles. The van der Waals surface area contributed by atoms with Crippen LogP contribution >= 0.6 is 11.9 Å². The van der Waals surface area contributed by atoms with Crippen LogP contribution in [0.4, 0.5) is 0 Å². The lowest BCUT2D eigenvalue weighted by molar-refractivity contribution is 0.0542. The van der Waals surface area contributed by atoms with Crippen molar-refractivity contribution in [3.05, 3.63) is 0 Å². The highest BCUT2D eigenvalue weighted by atomic mass is 32.2. The van der Waals surface area contributed by atoms with Gasteiger partial charge in [0.2, 0.25) is 0 Å². The highest BCUT2D eigenvalue weighted by Crippen LogP contribution is 2.21. The summed E-state index contributed by atoms with van der Waals surface area (Å²) in [5, 5.41) is 6.14. The van der Waals surface area contributed by atoms with Crippen molar-refractivity contribution in [2.75, 3.05) is 26.2 Å². The van der Waals surface area contributed by atoms with Crippen molar-refractivity contribution in [2.24, 2.45) is 5.14 Å². The van der Waals surface area contributed by atoms with Gasteiger partial charge in [0.15, 0.2) is 0 Å². The molecule has 2 N–H and O–H groups in total. The van der Waals surface area contributed by atoms with Crippen molar-refractivity contribution < 1.29 is 4.74 Å². The normalized spacial score (nSPS) is 32.2. The smallest absolute Gasteiger partial charge is 0.0702 e. The quantitative estimate of drug-likeness (QED) is 0.653. The molecule has 1 atom stereocenters. The molecule has 2 fully saturated rings. The first-order valence-electron chi connectivity index (χ1n) is 4.58. The van der Waals surface area contributed by atoms with Gasteiger partial charge in [-0.05, 0) is 12.8 Å². The van der Waals surface area contributed by atoms with Crippen molar-refractivity contribution in [1.82, 2.24) is 4.90 Å². The van der Waals surface area contributed by atoms with Crippen LogP contribution in [0.3, 0.4) is 0 Å². The third-order valence-electron chi connectivity index (χ3n) is 2.60. The summed E-state index contributed by atoms with van der Waals surface area (Å²) in [6.45, 7) is 4.40. The molecule has 2 aliphatic rings. The summed E-state index contributed by atoms with van der Waals surface area (Å²) in [4.78, 5) is 2.43. The van der Waals surface area contributed by atoms with Gasteiger partial charge in [-0.3, -0.25) is 10.0 Å². The summed E-state index contributed by atoms with van der Waals surface area (Å²) in [7, 11) is 0. The van der Waals surface area contributed by atoms with E-state index in [1.165, 1.54) is 24.8 Å². The largest absolute Gasteiger partial charge is 0.377 e. The van der Waals surface area contributed by atoms with Gasteiger partial charge >= 0.3 is 0 Å². The summed E-state index contributed by atoms with van der Waals surface area (Å²) in [5.74, 6) is 0. The molecule has 0 aromatic rings. The molecule has 0 aromatic carbocycles. The van der Waals surface area contributed by atoms with E-state index in [0.29, 0.717) is 11.4 Å². The Morgan fingerprint density at radius 3 is 2.92 bits per heavy atom. The topological polar surface area (TPSA) is 38.5 Å². The first-order chi connectivity index (χ1) is 5.88. The molecule has 0 amide bonds. The number of nitrogens with zero attached hydrogens (tertiary/aromatic N) is 1. The van der Waals surface area contributed by atoms with Gasteiger partial charge in [0, 0.05) is 31.5 Å². The Balaban J connectivity index is 1.62. The third-order valence-corrected chi connectivity index (χ3v) is 3.28. The molecule has 0 radical (unpaired) electrons. The molecule has 0 spiro atoms. The van der Waals surface area contributed by atoms with Gasteiger partial charge in [0.25, 0.3) is 0 Å². The molecule has 12 heavy (non-hydrogen) atoms. The van der Waals surface area contributed by atoms with Crippen LogP contribution in [0.2, 0.25) is 0 Å². The van der Waals surface area contributed by atoms with Gasteiger partial charge in [0.1, 0.15) is 0 Å². The van der Waals surface area contributed by atoms with E-state index >= 15 is 0 Å². The first kappa shape index (κ1) is 8.81. The summed E-state index contributed by atoms with van der Waals surface area (Å²) in [6.07, 6.45) is 3.00. The number of nitrogens with two attached hydrogens (primary N) is 1. The number of rotatable bonds is 3. The second-order valence-electron chi connectivity index (χ2n) is 3.61. The van der Waals surface area contributed by atoms with Crippen molar-refractivity contribution in [1.29, 1.82) is 0 Å². The monoisotopic (exact) mass is 188 g/mol. The summed E-state index contributed by atoms with van der Waals surface area (Å²) in [6, 6.07) is 0. The Morgan fingerprint density at radius 1 is 1.50 bits per heavy atom. The standard InChI is InChI=1S/C8H16N2OS/c9-12-8-5-10(6-8)4-7-2-1-3-11-7/h7-8H,1-6,9H2. The minimum absolute atomic E-state index is 0.508. The van der Waals surface area contributed by atoms with E-state index in [-0.39, 0.29) is 0 Å².